The van der Waals surface area contributed by atoms with E-state index in [1.165, 1.54) is 19.3 Å². The summed E-state index contributed by atoms with van der Waals surface area (Å²) < 4.78 is 0. The summed E-state index contributed by atoms with van der Waals surface area (Å²) in [4.78, 5) is 26.4. The number of hydrogen-bond acceptors (Lipinski definition) is 2. The van der Waals surface area contributed by atoms with Crippen LogP contribution in [0.3, 0.4) is 0 Å². The van der Waals surface area contributed by atoms with Gasteiger partial charge in [0.1, 0.15) is 0 Å². The highest BCUT2D eigenvalue weighted by Gasteiger charge is 2.37. The Morgan fingerprint density at radius 3 is 2.54 bits per heavy atom. The molecule has 1 atom stereocenters. The maximum absolute atomic E-state index is 12.3. The first-order valence-electron chi connectivity index (χ1n) is 8.74. The highest BCUT2D eigenvalue weighted by molar-refractivity contribution is 6.33. The van der Waals surface area contributed by atoms with E-state index in [9.17, 15) is 9.59 Å². The Morgan fingerprint density at radius 1 is 1.08 bits per heavy atom. The van der Waals surface area contributed by atoms with Crippen LogP contribution in [-0.2, 0) is 0 Å². The van der Waals surface area contributed by atoms with E-state index < -0.39 is 0 Å². The van der Waals surface area contributed by atoms with Crippen molar-refractivity contribution < 1.29 is 9.59 Å². The number of nitrogens with one attached hydrogen (secondary N) is 2. The van der Waals surface area contributed by atoms with Crippen LogP contribution in [0, 0.1) is 5.92 Å². The summed E-state index contributed by atoms with van der Waals surface area (Å²) in [6.07, 6.45) is 6.02. The number of nitrogens with zero attached hydrogens (tertiary/aromatic N) is 1. The normalized spacial score (nSPS) is 20.5. The van der Waals surface area contributed by atoms with Gasteiger partial charge in [0.15, 0.2) is 0 Å². The zero-order valence-electron chi connectivity index (χ0n) is 13.8. The second kappa shape index (κ2) is 7.88. The van der Waals surface area contributed by atoms with Crippen LogP contribution in [0.15, 0.2) is 24.3 Å². The minimum Gasteiger partial charge on any atom is -0.350 e. The lowest BCUT2D eigenvalue weighted by molar-refractivity contribution is 0.0953. The lowest BCUT2D eigenvalue weighted by Crippen LogP contribution is -2.48. The Labute approximate surface area is 147 Å². The topological polar surface area (TPSA) is 61.4 Å². The van der Waals surface area contributed by atoms with Crippen LogP contribution in [0.4, 0.5) is 4.79 Å². The number of amides is 3. The van der Waals surface area contributed by atoms with E-state index in [4.69, 9.17) is 11.6 Å². The van der Waals surface area contributed by atoms with Crippen molar-refractivity contribution in [2.75, 3.05) is 19.6 Å². The van der Waals surface area contributed by atoms with Crippen LogP contribution in [0.2, 0.25) is 5.02 Å². The second-order valence-corrected chi connectivity index (χ2v) is 6.97. The molecule has 3 amide bonds. The SMILES string of the molecule is O=C(NCCNC(=O)N1CCCC1C1CCC1)c1ccccc1Cl. The number of halogens is 1. The van der Waals surface area contributed by atoms with Gasteiger partial charge < -0.3 is 15.5 Å². The molecule has 5 nitrogen and oxygen atoms in total. The van der Waals surface area contributed by atoms with Crippen LogP contribution >= 0.6 is 11.6 Å². The molecule has 0 aromatic heterocycles. The van der Waals surface area contributed by atoms with Crippen molar-refractivity contribution in [3.05, 3.63) is 34.9 Å². The monoisotopic (exact) mass is 349 g/mol. The molecule has 130 valence electrons. The van der Waals surface area contributed by atoms with Gasteiger partial charge in [-0.05, 0) is 43.7 Å². The van der Waals surface area contributed by atoms with Gasteiger partial charge in [-0.2, -0.15) is 0 Å². The molecule has 1 saturated heterocycles. The lowest BCUT2D eigenvalue weighted by atomic mass is 9.79. The summed E-state index contributed by atoms with van der Waals surface area (Å²) in [6.45, 7) is 1.65. The Kier molecular flexibility index (Phi) is 5.61. The van der Waals surface area contributed by atoms with Crippen molar-refractivity contribution in [2.24, 2.45) is 5.92 Å². The molecule has 6 heteroatoms. The Bertz CT molecular complexity index is 604. The van der Waals surface area contributed by atoms with Gasteiger partial charge in [0, 0.05) is 25.7 Å². The third kappa shape index (κ3) is 3.83. The molecule has 3 rings (SSSR count). The van der Waals surface area contributed by atoms with Crippen LogP contribution in [0.5, 0.6) is 0 Å². The predicted molar refractivity (Wildman–Crippen MR) is 94.3 cm³/mol. The average Bonchev–Trinajstić information content (AvgIpc) is 2.99. The quantitative estimate of drug-likeness (QED) is 0.802. The highest BCUT2D eigenvalue weighted by Crippen LogP contribution is 2.37. The molecule has 1 heterocycles. The summed E-state index contributed by atoms with van der Waals surface area (Å²) in [5.74, 6) is 0.474. The van der Waals surface area contributed by atoms with E-state index in [0.717, 1.165) is 19.4 Å². The van der Waals surface area contributed by atoms with Crippen molar-refractivity contribution in [1.29, 1.82) is 0 Å². The van der Waals surface area contributed by atoms with Crippen LogP contribution in [0.1, 0.15) is 42.5 Å². The van der Waals surface area contributed by atoms with Crippen molar-refractivity contribution in [1.82, 2.24) is 15.5 Å². The van der Waals surface area contributed by atoms with E-state index in [0.29, 0.717) is 35.6 Å². The van der Waals surface area contributed by atoms with E-state index in [-0.39, 0.29) is 11.9 Å². The Morgan fingerprint density at radius 2 is 1.83 bits per heavy atom. The van der Waals surface area contributed by atoms with E-state index >= 15 is 0 Å². The summed E-state index contributed by atoms with van der Waals surface area (Å²) in [5.41, 5.74) is 0.454. The molecule has 24 heavy (non-hydrogen) atoms. The summed E-state index contributed by atoms with van der Waals surface area (Å²) in [7, 11) is 0. The number of carbonyl (C=O) groups is 2. The first-order valence-corrected chi connectivity index (χ1v) is 9.12. The molecule has 2 aliphatic rings. The Balaban J connectivity index is 1.40. The molecular formula is C18H24ClN3O2. The molecule has 1 aromatic carbocycles. The first kappa shape index (κ1) is 17.1. The van der Waals surface area contributed by atoms with Crippen molar-refractivity contribution in [3.8, 4) is 0 Å². The van der Waals surface area contributed by atoms with Gasteiger partial charge in [0.05, 0.1) is 10.6 Å². The maximum atomic E-state index is 12.3. The van der Waals surface area contributed by atoms with Crippen molar-refractivity contribution >= 4 is 23.5 Å². The van der Waals surface area contributed by atoms with Crippen LogP contribution in [-0.4, -0.2) is 42.5 Å². The molecule has 0 radical (unpaired) electrons. The van der Waals surface area contributed by atoms with Gasteiger partial charge in [-0.3, -0.25) is 4.79 Å². The highest BCUT2D eigenvalue weighted by atomic mass is 35.5. The molecule has 1 aliphatic heterocycles. The fraction of sp³-hybridized carbons (Fsp3) is 0.556. The van der Waals surface area contributed by atoms with E-state index in [1.54, 1.807) is 24.3 Å². The smallest absolute Gasteiger partial charge is 0.317 e. The fourth-order valence-electron chi connectivity index (χ4n) is 3.55. The molecule has 0 bridgehead atoms. The molecule has 1 aliphatic carbocycles. The number of rotatable bonds is 5. The summed E-state index contributed by atoms with van der Waals surface area (Å²) in [5, 5.41) is 6.13. The first-order chi connectivity index (χ1) is 11.7. The fourth-order valence-corrected chi connectivity index (χ4v) is 3.77. The molecular weight excluding hydrogens is 326 g/mol. The molecule has 0 spiro atoms. The van der Waals surface area contributed by atoms with Gasteiger partial charge in [-0.15, -0.1) is 0 Å². The second-order valence-electron chi connectivity index (χ2n) is 6.56. The lowest BCUT2D eigenvalue weighted by Gasteiger charge is -2.36. The Hall–Kier alpha value is -1.75. The number of benzene rings is 1. The standard InChI is InChI=1S/C18H24ClN3O2/c19-15-8-2-1-7-14(15)17(23)20-10-11-21-18(24)22-12-4-9-16(22)13-5-3-6-13/h1-2,7-8,13,16H,3-6,9-12H2,(H,20,23)(H,21,24). The van der Waals surface area contributed by atoms with E-state index in [1.807, 2.05) is 4.90 Å². The molecule has 1 saturated carbocycles. The van der Waals surface area contributed by atoms with Gasteiger partial charge in [0.25, 0.3) is 5.91 Å². The zero-order chi connectivity index (χ0) is 16.9. The van der Waals surface area contributed by atoms with Gasteiger partial charge in [-0.1, -0.05) is 30.2 Å². The predicted octanol–water partition coefficient (Wildman–Crippen LogP) is 3.04. The van der Waals surface area contributed by atoms with Gasteiger partial charge >= 0.3 is 6.03 Å². The van der Waals surface area contributed by atoms with Crippen molar-refractivity contribution in [3.63, 3.8) is 0 Å². The van der Waals surface area contributed by atoms with Crippen molar-refractivity contribution in [2.45, 2.75) is 38.1 Å². The number of likely N-dealkylation sites (tertiary alicyclic amines) is 1. The number of hydrogen-bond donors (Lipinski definition) is 2. The third-order valence-corrected chi connectivity index (χ3v) is 5.39. The largest absolute Gasteiger partial charge is 0.350 e. The summed E-state index contributed by atoms with van der Waals surface area (Å²) >= 11 is 6.00. The number of carbonyl (C=O) groups excluding carboxylic acids is 2. The third-order valence-electron chi connectivity index (χ3n) is 5.06. The molecule has 2 fully saturated rings. The molecule has 2 N–H and O–H groups in total. The van der Waals surface area contributed by atoms with Crippen LogP contribution < -0.4 is 10.6 Å². The minimum absolute atomic E-state index is 0.00334. The van der Waals surface area contributed by atoms with Crippen LogP contribution in [0.25, 0.3) is 0 Å². The maximum Gasteiger partial charge on any atom is 0.317 e. The van der Waals surface area contributed by atoms with E-state index in [2.05, 4.69) is 10.6 Å². The summed E-state index contributed by atoms with van der Waals surface area (Å²) in [6, 6.07) is 7.34. The molecule has 1 aromatic rings. The average molecular weight is 350 g/mol. The minimum atomic E-state index is -0.219. The van der Waals surface area contributed by atoms with Gasteiger partial charge in [0.2, 0.25) is 0 Å². The number of urea groups is 1. The van der Waals surface area contributed by atoms with Gasteiger partial charge in [-0.25, -0.2) is 4.79 Å². The molecule has 1 unspecified atom stereocenters. The zero-order valence-corrected chi connectivity index (χ0v) is 14.5.